The summed E-state index contributed by atoms with van der Waals surface area (Å²) in [5.74, 6) is 0.157. The van der Waals surface area contributed by atoms with Crippen LogP contribution >= 0.6 is 0 Å². The molecule has 4 rings (SSSR count). The lowest BCUT2D eigenvalue weighted by molar-refractivity contribution is -0.136. The molecule has 1 N–H and O–H groups in total. The maximum absolute atomic E-state index is 13.6. The van der Waals surface area contributed by atoms with Crippen molar-refractivity contribution in [3.8, 4) is 0 Å². The van der Waals surface area contributed by atoms with E-state index in [0.717, 1.165) is 37.7 Å². The van der Waals surface area contributed by atoms with Crippen LogP contribution in [0.5, 0.6) is 0 Å². The van der Waals surface area contributed by atoms with E-state index in [4.69, 9.17) is 9.84 Å². The Hall–Kier alpha value is -2.82. The number of benzene rings is 1. The number of amides is 1. The van der Waals surface area contributed by atoms with Gasteiger partial charge in [-0.2, -0.15) is 0 Å². The molecule has 1 aromatic rings. The minimum Gasteiger partial charge on any atom is -0.481 e. The largest absolute Gasteiger partial charge is 0.481 e. The molecule has 194 valence electrons. The van der Waals surface area contributed by atoms with Crippen LogP contribution in [0.15, 0.2) is 59.7 Å². The maximum atomic E-state index is 13.6. The fourth-order valence-corrected chi connectivity index (χ4v) is 6.02. The Labute approximate surface area is 215 Å². The van der Waals surface area contributed by atoms with E-state index in [2.05, 4.69) is 55.5 Å². The Morgan fingerprint density at radius 3 is 2.50 bits per heavy atom. The Morgan fingerprint density at radius 1 is 1.06 bits per heavy atom. The molecule has 0 aliphatic heterocycles. The van der Waals surface area contributed by atoms with Crippen molar-refractivity contribution in [2.24, 2.45) is 5.92 Å². The van der Waals surface area contributed by atoms with Gasteiger partial charge in [0.2, 0.25) is 0 Å². The first-order valence-corrected chi connectivity index (χ1v) is 13.5. The molecule has 3 aliphatic carbocycles. The SMILES string of the molecule is C[C@H](C1=C2C=CCCC2CC=C1)N(C(=O)OC(C)(C)C)[C@H]1CC[C@@H](c2ccc(CCC(=O)O)cc2)C1. The molecule has 1 saturated carbocycles. The van der Waals surface area contributed by atoms with E-state index in [-0.39, 0.29) is 24.6 Å². The Bertz CT molecular complexity index is 1040. The monoisotopic (exact) mass is 491 g/mol. The van der Waals surface area contributed by atoms with Gasteiger partial charge in [0.05, 0.1) is 6.04 Å². The third-order valence-electron chi connectivity index (χ3n) is 7.82. The third-order valence-corrected chi connectivity index (χ3v) is 7.82. The molecule has 0 bridgehead atoms. The number of hydrogen-bond donors (Lipinski definition) is 1. The first-order valence-electron chi connectivity index (χ1n) is 13.5. The van der Waals surface area contributed by atoms with Crippen molar-refractivity contribution in [2.45, 2.75) is 103 Å². The lowest BCUT2D eigenvalue weighted by Gasteiger charge is -2.39. The fourth-order valence-electron chi connectivity index (χ4n) is 6.02. The van der Waals surface area contributed by atoms with Gasteiger partial charge in [0, 0.05) is 12.5 Å². The average molecular weight is 492 g/mol. The van der Waals surface area contributed by atoms with E-state index in [1.54, 1.807) is 0 Å². The van der Waals surface area contributed by atoms with Crippen LogP contribution in [-0.4, -0.2) is 39.8 Å². The summed E-state index contributed by atoms with van der Waals surface area (Å²) in [5.41, 5.74) is 4.40. The van der Waals surface area contributed by atoms with E-state index in [1.807, 2.05) is 25.7 Å². The zero-order chi connectivity index (χ0) is 25.9. The molecule has 5 nitrogen and oxygen atoms in total. The number of rotatable bonds is 7. The second-order valence-electron chi connectivity index (χ2n) is 11.6. The molecular formula is C31H41NO4. The predicted octanol–water partition coefficient (Wildman–Crippen LogP) is 7.19. The Balaban J connectivity index is 1.55. The third kappa shape index (κ3) is 6.29. The van der Waals surface area contributed by atoms with Gasteiger partial charge in [-0.1, -0.05) is 48.6 Å². The summed E-state index contributed by atoms with van der Waals surface area (Å²) in [4.78, 5) is 26.5. The molecule has 0 aromatic heterocycles. The molecule has 0 radical (unpaired) electrons. The molecule has 0 saturated heterocycles. The van der Waals surface area contributed by atoms with Crippen molar-refractivity contribution in [3.05, 3.63) is 70.8 Å². The van der Waals surface area contributed by atoms with Gasteiger partial charge in [0.15, 0.2) is 0 Å². The van der Waals surface area contributed by atoms with E-state index >= 15 is 0 Å². The topological polar surface area (TPSA) is 66.8 Å². The van der Waals surface area contributed by atoms with Gasteiger partial charge in [0.1, 0.15) is 5.60 Å². The standard InChI is InChI=1S/C31H41NO4/c1-21(27-11-7-9-24-8-5-6-10-28(24)27)32(30(35)36-31(2,3)4)26-18-17-25(20-26)23-15-12-22(13-16-23)14-19-29(33)34/h6-7,10-13,15-16,21,24-26H,5,8-9,14,17-20H2,1-4H3,(H,33,34)/t21-,24?,25-,26+/m1/s1. The highest BCUT2D eigenvalue weighted by atomic mass is 16.6. The summed E-state index contributed by atoms with van der Waals surface area (Å²) >= 11 is 0. The minimum atomic E-state index is -0.770. The quantitative estimate of drug-likeness (QED) is 0.438. The second-order valence-corrected chi connectivity index (χ2v) is 11.6. The summed E-state index contributed by atoms with van der Waals surface area (Å²) in [6, 6.07) is 8.43. The molecule has 4 atom stereocenters. The molecule has 5 heteroatoms. The van der Waals surface area contributed by atoms with Gasteiger partial charge in [0.25, 0.3) is 0 Å². The summed E-state index contributed by atoms with van der Waals surface area (Å²) in [5, 5.41) is 8.95. The van der Waals surface area contributed by atoms with Crippen LogP contribution in [0.2, 0.25) is 0 Å². The van der Waals surface area contributed by atoms with Gasteiger partial charge in [-0.15, -0.1) is 0 Å². The van der Waals surface area contributed by atoms with Crippen molar-refractivity contribution in [3.63, 3.8) is 0 Å². The highest BCUT2D eigenvalue weighted by Crippen LogP contribution is 2.41. The summed E-state index contributed by atoms with van der Waals surface area (Å²) in [6.07, 6.45) is 15.8. The van der Waals surface area contributed by atoms with Crippen LogP contribution in [-0.2, 0) is 16.0 Å². The van der Waals surface area contributed by atoms with E-state index < -0.39 is 11.6 Å². The first kappa shape index (κ1) is 26.2. The number of carbonyl (C=O) groups excluding carboxylic acids is 1. The summed E-state index contributed by atoms with van der Waals surface area (Å²) < 4.78 is 5.94. The molecule has 1 fully saturated rings. The number of ether oxygens (including phenoxy) is 1. The fraction of sp³-hybridized carbons (Fsp3) is 0.548. The van der Waals surface area contributed by atoms with Crippen LogP contribution in [0.25, 0.3) is 0 Å². The number of carboxylic acids is 1. The van der Waals surface area contributed by atoms with Gasteiger partial charge in [-0.25, -0.2) is 4.79 Å². The average Bonchev–Trinajstić information content (AvgIpc) is 3.31. The van der Waals surface area contributed by atoms with Crippen molar-refractivity contribution >= 4 is 12.1 Å². The van der Waals surface area contributed by atoms with Gasteiger partial charge in [-0.3, -0.25) is 9.69 Å². The normalized spacial score (nSPS) is 24.4. The highest BCUT2D eigenvalue weighted by molar-refractivity contribution is 5.70. The number of aryl methyl sites for hydroxylation is 1. The van der Waals surface area contributed by atoms with Crippen LogP contribution in [0.3, 0.4) is 0 Å². The van der Waals surface area contributed by atoms with Gasteiger partial charge in [-0.05, 0) is 107 Å². The zero-order valence-corrected chi connectivity index (χ0v) is 22.2. The van der Waals surface area contributed by atoms with Crippen molar-refractivity contribution < 1.29 is 19.4 Å². The number of fused-ring (bicyclic) bond motifs is 1. The Morgan fingerprint density at radius 2 is 1.81 bits per heavy atom. The van der Waals surface area contributed by atoms with Crippen molar-refractivity contribution in [2.75, 3.05) is 0 Å². The molecule has 1 amide bonds. The number of nitrogens with zero attached hydrogens (tertiary/aromatic N) is 1. The highest BCUT2D eigenvalue weighted by Gasteiger charge is 2.39. The second kappa shape index (κ2) is 11.1. The number of carboxylic acid groups (broad SMARTS) is 1. The minimum absolute atomic E-state index is 0.0567. The maximum Gasteiger partial charge on any atom is 0.411 e. The number of aliphatic carboxylic acids is 1. The molecule has 0 spiro atoms. The first-order chi connectivity index (χ1) is 17.1. The molecule has 1 aromatic carbocycles. The predicted molar refractivity (Wildman–Crippen MR) is 143 cm³/mol. The molecule has 36 heavy (non-hydrogen) atoms. The number of hydrogen-bond acceptors (Lipinski definition) is 3. The number of carbonyl (C=O) groups is 2. The van der Waals surface area contributed by atoms with Gasteiger partial charge < -0.3 is 9.84 Å². The number of allylic oxidation sites excluding steroid dienone is 4. The van der Waals surface area contributed by atoms with E-state index in [0.29, 0.717) is 18.3 Å². The lowest BCUT2D eigenvalue weighted by atomic mass is 9.79. The zero-order valence-electron chi connectivity index (χ0n) is 22.2. The summed E-state index contributed by atoms with van der Waals surface area (Å²) in [6.45, 7) is 7.95. The van der Waals surface area contributed by atoms with Crippen LogP contribution in [0, 0.1) is 5.92 Å². The van der Waals surface area contributed by atoms with Crippen LogP contribution in [0.4, 0.5) is 4.79 Å². The molecule has 0 heterocycles. The Kier molecular flexibility index (Phi) is 8.07. The van der Waals surface area contributed by atoms with E-state index in [1.165, 1.54) is 23.1 Å². The molecule has 1 unspecified atom stereocenters. The smallest absolute Gasteiger partial charge is 0.411 e. The van der Waals surface area contributed by atoms with Crippen molar-refractivity contribution in [1.82, 2.24) is 4.90 Å². The van der Waals surface area contributed by atoms with E-state index in [9.17, 15) is 9.59 Å². The van der Waals surface area contributed by atoms with Crippen molar-refractivity contribution in [1.29, 1.82) is 0 Å². The summed E-state index contributed by atoms with van der Waals surface area (Å²) in [7, 11) is 0. The van der Waals surface area contributed by atoms with Gasteiger partial charge >= 0.3 is 12.1 Å². The molecular weight excluding hydrogens is 450 g/mol. The molecule has 3 aliphatic rings. The van der Waals surface area contributed by atoms with Crippen LogP contribution < -0.4 is 0 Å². The van der Waals surface area contributed by atoms with Crippen LogP contribution in [0.1, 0.15) is 89.7 Å². The lowest BCUT2D eigenvalue weighted by Crippen LogP contribution is -2.48.